The van der Waals surface area contributed by atoms with Crippen molar-refractivity contribution >= 4 is 5.97 Å². The maximum absolute atomic E-state index is 10.6. The third-order valence-corrected chi connectivity index (χ3v) is 2.41. The Morgan fingerprint density at radius 2 is 2.05 bits per heavy atom. The van der Waals surface area contributed by atoms with Crippen LogP contribution in [0.2, 0.25) is 0 Å². The molecule has 0 spiro atoms. The van der Waals surface area contributed by atoms with Crippen molar-refractivity contribution in [1.82, 2.24) is 15.5 Å². The van der Waals surface area contributed by atoms with Crippen molar-refractivity contribution < 1.29 is 32.2 Å². The summed E-state index contributed by atoms with van der Waals surface area (Å²) in [7, 11) is 0. The Kier molecular flexibility index (Phi) is 6.09. The van der Waals surface area contributed by atoms with Crippen LogP contribution < -0.4 is 5.32 Å². The van der Waals surface area contributed by atoms with Gasteiger partial charge in [-0.2, -0.15) is 13.2 Å². The Hall–Kier alpha value is -1.68. The van der Waals surface area contributed by atoms with E-state index >= 15 is 0 Å². The van der Waals surface area contributed by atoms with Crippen molar-refractivity contribution in [3.05, 3.63) is 11.8 Å². The van der Waals surface area contributed by atoms with Gasteiger partial charge in [-0.05, 0) is 0 Å². The predicted octanol–water partition coefficient (Wildman–Crippen LogP) is 1.49. The molecular weight excluding hydrogens is 295 g/mol. The second kappa shape index (κ2) is 7.36. The van der Waals surface area contributed by atoms with E-state index in [1.54, 1.807) is 0 Å². The largest absolute Gasteiger partial charge is 0.490 e. The van der Waals surface area contributed by atoms with Crippen molar-refractivity contribution in [2.75, 3.05) is 19.8 Å². The van der Waals surface area contributed by atoms with E-state index in [9.17, 15) is 13.2 Å². The smallest absolute Gasteiger partial charge is 0.475 e. The van der Waals surface area contributed by atoms with E-state index in [1.165, 1.54) is 0 Å². The number of alkyl halides is 3. The lowest BCUT2D eigenvalue weighted by Gasteiger charge is -2.20. The number of carboxylic acids is 1. The van der Waals surface area contributed by atoms with Crippen molar-refractivity contribution in [3.8, 4) is 0 Å². The molecule has 7 nitrogen and oxygen atoms in total. The molecule has 0 aromatic carbocycles. The summed E-state index contributed by atoms with van der Waals surface area (Å²) in [5, 5.41) is 18.4. The number of aliphatic carboxylic acids is 1. The Bertz CT molecular complexity index is 456. The van der Waals surface area contributed by atoms with Crippen LogP contribution in [0.5, 0.6) is 0 Å². The highest BCUT2D eigenvalue weighted by atomic mass is 19.4. The van der Waals surface area contributed by atoms with E-state index in [0.717, 1.165) is 13.2 Å². The summed E-state index contributed by atoms with van der Waals surface area (Å²) in [4.78, 5) is 8.90. The van der Waals surface area contributed by atoms with Gasteiger partial charge < -0.3 is 19.6 Å². The Morgan fingerprint density at radius 1 is 1.43 bits per heavy atom. The van der Waals surface area contributed by atoms with E-state index in [0.29, 0.717) is 18.4 Å². The van der Waals surface area contributed by atoms with Crippen LogP contribution in [0.1, 0.15) is 37.6 Å². The number of aromatic nitrogens is 2. The maximum Gasteiger partial charge on any atom is 0.490 e. The van der Waals surface area contributed by atoms with Gasteiger partial charge in [-0.25, -0.2) is 4.79 Å². The van der Waals surface area contributed by atoms with Crippen LogP contribution in [0.15, 0.2) is 4.42 Å². The van der Waals surface area contributed by atoms with Gasteiger partial charge in [0.15, 0.2) is 0 Å². The van der Waals surface area contributed by atoms with Gasteiger partial charge >= 0.3 is 12.1 Å². The number of nitrogens with zero attached hydrogens (tertiary/aromatic N) is 2. The van der Waals surface area contributed by atoms with Gasteiger partial charge in [-0.3, -0.25) is 0 Å². The normalized spacial score (nSPS) is 19.0. The average Bonchev–Trinajstić information content (AvgIpc) is 2.89. The number of rotatable bonds is 2. The van der Waals surface area contributed by atoms with Gasteiger partial charge in [-0.1, -0.05) is 13.8 Å². The molecule has 21 heavy (non-hydrogen) atoms. The third-order valence-electron chi connectivity index (χ3n) is 2.41. The molecule has 1 aromatic heterocycles. The Morgan fingerprint density at radius 3 is 2.43 bits per heavy atom. The summed E-state index contributed by atoms with van der Waals surface area (Å²) >= 11 is 0. The van der Waals surface area contributed by atoms with E-state index in [-0.39, 0.29) is 12.0 Å². The van der Waals surface area contributed by atoms with E-state index < -0.39 is 12.1 Å². The van der Waals surface area contributed by atoms with Crippen LogP contribution in [-0.2, 0) is 9.53 Å². The molecule has 1 aliphatic rings. The molecule has 1 saturated heterocycles. The van der Waals surface area contributed by atoms with Crippen LogP contribution in [0.3, 0.4) is 0 Å². The van der Waals surface area contributed by atoms with Gasteiger partial charge in [0.2, 0.25) is 11.8 Å². The maximum atomic E-state index is 10.6. The first-order valence-corrected chi connectivity index (χ1v) is 6.16. The van der Waals surface area contributed by atoms with Gasteiger partial charge in [0.25, 0.3) is 0 Å². The Balaban J connectivity index is 0.000000270. The lowest BCUT2D eigenvalue weighted by Crippen LogP contribution is -2.34. The van der Waals surface area contributed by atoms with Crippen LogP contribution in [0, 0.1) is 0 Å². The van der Waals surface area contributed by atoms with Gasteiger partial charge in [0, 0.05) is 12.5 Å². The molecule has 1 atom stereocenters. The summed E-state index contributed by atoms with van der Waals surface area (Å²) in [6, 6.07) is 0.0590. The van der Waals surface area contributed by atoms with Crippen LogP contribution in [0.25, 0.3) is 0 Å². The molecule has 1 aliphatic heterocycles. The third kappa shape index (κ3) is 5.68. The minimum atomic E-state index is -5.08. The number of ether oxygens (including phenoxy) is 1. The van der Waals surface area contributed by atoms with Gasteiger partial charge in [0.1, 0.15) is 6.04 Å². The number of morpholine rings is 1. The van der Waals surface area contributed by atoms with Gasteiger partial charge in [0.05, 0.1) is 13.2 Å². The zero-order valence-corrected chi connectivity index (χ0v) is 11.5. The predicted molar refractivity (Wildman–Crippen MR) is 63.6 cm³/mol. The van der Waals surface area contributed by atoms with Crippen molar-refractivity contribution in [1.29, 1.82) is 0 Å². The molecule has 0 saturated carbocycles. The van der Waals surface area contributed by atoms with E-state index in [2.05, 4.69) is 15.5 Å². The molecule has 2 N–H and O–H groups in total. The number of halogens is 3. The summed E-state index contributed by atoms with van der Waals surface area (Å²) in [6.45, 7) is 6.26. The average molecular weight is 311 g/mol. The number of carbonyl (C=O) groups is 1. The molecule has 2 heterocycles. The minimum absolute atomic E-state index is 0.0590. The highest BCUT2D eigenvalue weighted by Crippen LogP contribution is 2.18. The van der Waals surface area contributed by atoms with Gasteiger partial charge in [-0.15, -0.1) is 10.2 Å². The molecule has 120 valence electrons. The first kappa shape index (κ1) is 17.4. The lowest BCUT2D eigenvalue weighted by molar-refractivity contribution is -0.192. The summed E-state index contributed by atoms with van der Waals surface area (Å²) < 4.78 is 42.6. The summed E-state index contributed by atoms with van der Waals surface area (Å²) in [6.07, 6.45) is -5.08. The fourth-order valence-electron chi connectivity index (χ4n) is 1.34. The molecule has 0 radical (unpaired) electrons. The molecule has 10 heteroatoms. The minimum Gasteiger partial charge on any atom is -0.475 e. The summed E-state index contributed by atoms with van der Waals surface area (Å²) in [5.41, 5.74) is 0. The molecule has 0 bridgehead atoms. The highest BCUT2D eigenvalue weighted by molar-refractivity contribution is 5.73. The van der Waals surface area contributed by atoms with Crippen molar-refractivity contribution in [2.45, 2.75) is 32.0 Å². The second-order valence-electron chi connectivity index (χ2n) is 4.52. The quantitative estimate of drug-likeness (QED) is 0.854. The molecular formula is C11H16F3N3O4. The standard InChI is InChI=1S/C9H15N3O2.C2HF3O2/c1-6(2)8-11-12-9(14-8)7-5-13-4-3-10-7;3-2(4,5)1(6)7/h6-7,10H,3-5H2,1-2H3;(H,6,7). The fraction of sp³-hybridized carbons (Fsp3) is 0.727. The van der Waals surface area contributed by atoms with Crippen LogP contribution >= 0.6 is 0 Å². The molecule has 1 unspecified atom stereocenters. The lowest BCUT2D eigenvalue weighted by atomic mass is 10.2. The summed E-state index contributed by atoms with van der Waals surface area (Å²) in [5.74, 6) is -1.16. The zero-order chi connectivity index (χ0) is 16.0. The molecule has 1 fully saturated rings. The second-order valence-corrected chi connectivity index (χ2v) is 4.52. The highest BCUT2D eigenvalue weighted by Gasteiger charge is 2.38. The molecule has 1 aromatic rings. The van der Waals surface area contributed by atoms with E-state index in [4.69, 9.17) is 19.1 Å². The number of hydrogen-bond donors (Lipinski definition) is 2. The number of hydrogen-bond acceptors (Lipinski definition) is 6. The van der Waals surface area contributed by atoms with Crippen LogP contribution in [-0.4, -0.2) is 47.2 Å². The van der Waals surface area contributed by atoms with Crippen LogP contribution in [0.4, 0.5) is 13.2 Å². The number of carboxylic acid groups (broad SMARTS) is 1. The fourth-order valence-corrected chi connectivity index (χ4v) is 1.34. The topological polar surface area (TPSA) is 97.5 Å². The first-order valence-electron chi connectivity index (χ1n) is 6.16. The molecule has 2 rings (SSSR count). The number of nitrogens with one attached hydrogen (secondary N) is 1. The van der Waals surface area contributed by atoms with E-state index in [1.807, 2.05) is 13.8 Å². The van der Waals surface area contributed by atoms with Crippen molar-refractivity contribution in [3.63, 3.8) is 0 Å². The zero-order valence-electron chi connectivity index (χ0n) is 11.5. The SMILES string of the molecule is CC(C)c1nnc(C2COCCN2)o1.O=C(O)C(F)(F)F. The molecule has 0 amide bonds. The van der Waals surface area contributed by atoms with Crippen molar-refractivity contribution in [2.24, 2.45) is 0 Å². The Labute approximate surface area is 118 Å². The monoisotopic (exact) mass is 311 g/mol. The molecule has 0 aliphatic carbocycles. The first-order chi connectivity index (χ1) is 9.71.